The minimum Gasteiger partial charge on any atom is -0.371 e. The molecule has 20 heavy (non-hydrogen) atoms. The van der Waals surface area contributed by atoms with Crippen LogP contribution in [0.15, 0.2) is 24.3 Å². The smallest absolute Gasteiger partial charge is 0.255 e. The summed E-state index contributed by atoms with van der Waals surface area (Å²) in [7, 11) is 0. The van der Waals surface area contributed by atoms with Crippen molar-refractivity contribution in [2.24, 2.45) is 5.73 Å². The van der Waals surface area contributed by atoms with Crippen LogP contribution < -0.4 is 5.73 Å². The van der Waals surface area contributed by atoms with Crippen molar-refractivity contribution in [1.82, 2.24) is 4.90 Å². The summed E-state index contributed by atoms with van der Waals surface area (Å²) in [5.41, 5.74) is 6.82. The fraction of sp³-hybridized carbons (Fsp3) is 0.438. The molecule has 2 bridgehead atoms. The number of amides is 1. The van der Waals surface area contributed by atoms with Crippen molar-refractivity contribution in [2.45, 2.75) is 25.0 Å². The molecule has 1 aromatic carbocycles. The van der Waals surface area contributed by atoms with Gasteiger partial charge in [-0.15, -0.1) is 0 Å². The van der Waals surface area contributed by atoms with Crippen LogP contribution in [0, 0.1) is 11.8 Å². The van der Waals surface area contributed by atoms with Crippen LogP contribution in [0.3, 0.4) is 0 Å². The molecular formula is C16H18N2O2. The summed E-state index contributed by atoms with van der Waals surface area (Å²) in [4.78, 5) is 14.6. The van der Waals surface area contributed by atoms with Gasteiger partial charge in [0.1, 0.15) is 0 Å². The summed E-state index contributed by atoms with van der Waals surface area (Å²) in [6.45, 7) is 1.67. The number of carbonyl (C=O) groups is 1. The quantitative estimate of drug-likeness (QED) is 0.775. The average Bonchev–Trinajstić information content (AvgIpc) is 2.83. The maximum atomic E-state index is 12.7. The maximum Gasteiger partial charge on any atom is 0.255 e. The predicted octanol–water partition coefficient (Wildman–Crippen LogP) is 1.00. The van der Waals surface area contributed by atoms with E-state index in [1.807, 2.05) is 29.2 Å². The number of nitrogens with two attached hydrogens (primary N) is 1. The molecule has 0 aromatic heterocycles. The Labute approximate surface area is 118 Å². The summed E-state index contributed by atoms with van der Waals surface area (Å²) >= 11 is 0. The van der Waals surface area contributed by atoms with E-state index in [2.05, 4.69) is 11.8 Å². The molecule has 1 aromatic rings. The first-order valence-electron chi connectivity index (χ1n) is 7.00. The molecule has 2 atom stereocenters. The number of carbonyl (C=O) groups excluding carboxylic acids is 1. The van der Waals surface area contributed by atoms with Crippen molar-refractivity contribution in [3.05, 3.63) is 35.4 Å². The van der Waals surface area contributed by atoms with Gasteiger partial charge in [-0.1, -0.05) is 24.0 Å². The monoisotopic (exact) mass is 270 g/mol. The Morgan fingerprint density at radius 3 is 2.70 bits per heavy atom. The number of morpholine rings is 1. The van der Waals surface area contributed by atoms with Crippen LogP contribution in [0.5, 0.6) is 0 Å². The van der Waals surface area contributed by atoms with E-state index in [1.165, 1.54) is 0 Å². The second-order valence-electron chi connectivity index (χ2n) is 5.22. The molecule has 104 valence electrons. The van der Waals surface area contributed by atoms with Crippen molar-refractivity contribution in [3.63, 3.8) is 0 Å². The van der Waals surface area contributed by atoms with Crippen LogP contribution in [-0.2, 0) is 4.74 Å². The number of ether oxygens (including phenoxy) is 1. The average molecular weight is 270 g/mol. The summed E-state index contributed by atoms with van der Waals surface area (Å²) in [6.07, 6.45) is 2.53. The fourth-order valence-electron chi connectivity index (χ4n) is 2.88. The minimum absolute atomic E-state index is 0.0483. The highest BCUT2D eigenvalue weighted by atomic mass is 16.5. The normalized spacial score (nSPS) is 24.1. The second kappa shape index (κ2) is 5.66. The van der Waals surface area contributed by atoms with E-state index < -0.39 is 0 Å². The highest BCUT2D eigenvalue weighted by Gasteiger charge is 2.36. The van der Waals surface area contributed by atoms with Gasteiger partial charge in [-0.3, -0.25) is 4.79 Å². The molecule has 2 aliphatic heterocycles. The van der Waals surface area contributed by atoms with Crippen molar-refractivity contribution >= 4 is 5.91 Å². The lowest BCUT2D eigenvalue weighted by atomic mass is 10.1. The summed E-state index contributed by atoms with van der Waals surface area (Å²) in [6, 6.07) is 7.46. The van der Waals surface area contributed by atoms with Gasteiger partial charge >= 0.3 is 0 Å². The SMILES string of the molecule is NCC#Cc1ccccc1C(=O)N1CC2CCC(C1)O2. The molecule has 0 aliphatic carbocycles. The van der Waals surface area contributed by atoms with Gasteiger partial charge < -0.3 is 15.4 Å². The van der Waals surface area contributed by atoms with Gasteiger partial charge in [0, 0.05) is 18.7 Å². The third-order valence-corrected chi connectivity index (χ3v) is 3.81. The van der Waals surface area contributed by atoms with E-state index in [4.69, 9.17) is 10.5 Å². The lowest BCUT2D eigenvalue weighted by Crippen LogP contribution is -2.46. The topological polar surface area (TPSA) is 55.6 Å². The lowest BCUT2D eigenvalue weighted by Gasteiger charge is -2.32. The molecule has 2 unspecified atom stereocenters. The Balaban J connectivity index is 1.83. The Morgan fingerprint density at radius 2 is 2.00 bits per heavy atom. The molecule has 0 spiro atoms. The number of hydrogen-bond donors (Lipinski definition) is 1. The highest BCUT2D eigenvalue weighted by molar-refractivity contribution is 5.96. The van der Waals surface area contributed by atoms with Crippen molar-refractivity contribution in [2.75, 3.05) is 19.6 Å². The maximum absolute atomic E-state index is 12.7. The predicted molar refractivity (Wildman–Crippen MR) is 76.2 cm³/mol. The van der Waals surface area contributed by atoms with Crippen LogP contribution in [0.1, 0.15) is 28.8 Å². The number of nitrogens with zero attached hydrogens (tertiary/aromatic N) is 1. The zero-order chi connectivity index (χ0) is 13.9. The van der Waals surface area contributed by atoms with Crippen LogP contribution in [-0.4, -0.2) is 42.6 Å². The Hall–Kier alpha value is -1.83. The molecule has 2 fully saturated rings. The molecule has 1 amide bonds. The van der Waals surface area contributed by atoms with Crippen molar-refractivity contribution < 1.29 is 9.53 Å². The summed E-state index contributed by atoms with van der Waals surface area (Å²) in [5.74, 6) is 5.84. The standard InChI is InChI=1S/C16H18N2O2/c17-9-3-5-12-4-1-2-6-15(12)16(19)18-10-13-7-8-14(11-18)20-13/h1-2,4,6,13-14H,7-11,17H2. The van der Waals surface area contributed by atoms with E-state index >= 15 is 0 Å². The first-order valence-corrected chi connectivity index (χ1v) is 7.00. The number of fused-ring (bicyclic) bond motifs is 2. The van der Waals surface area contributed by atoms with Gasteiger partial charge in [0.05, 0.1) is 24.3 Å². The van der Waals surface area contributed by atoms with Gasteiger partial charge in [0.2, 0.25) is 0 Å². The lowest BCUT2D eigenvalue weighted by molar-refractivity contribution is -0.0303. The van der Waals surface area contributed by atoms with Gasteiger partial charge in [-0.25, -0.2) is 0 Å². The molecular weight excluding hydrogens is 252 g/mol. The molecule has 4 heteroatoms. The molecule has 0 radical (unpaired) electrons. The van der Waals surface area contributed by atoms with Crippen molar-refractivity contribution in [1.29, 1.82) is 0 Å². The number of hydrogen-bond acceptors (Lipinski definition) is 3. The zero-order valence-corrected chi connectivity index (χ0v) is 11.3. The summed E-state index contributed by atoms with van der Waals surface area (Å²) < 4.78 is 5.77. The molecule has 2 N–H and O–H groups in total. The van der Waals surface area contributed by atoms with Crippen LogP contribution in [0.2, 0.25) is 0 Å². The molecule has 0 saturated carbocycles. The first-order chi connectivity index (χ1) is 9.78. The van der Waals surface area contributed by atoms with E-state index in [9.17, 15) is 4.79 Å². The van der Waals surface area contributed by atoms with Crippen LogP contribution in [0.4, 0.5) is 0 Å². The number of likely N-dealkylation sites (tertiary alicyclic amines) is 1. The number of rotatable bonds is 1. The third kappa shape index (κ3) is 2.55. The zero-order valence-electron chi connectivity index (χ0n) is 11.3. The van der Waals surface area contributed by atoms with E-state index in [-0.39, 0.29) is 18.1 Å². The molecule has 3 rings (SSSR count). The summed E-state index contributed by atoms with van der Waals surface area (Å²) in [5, 5.41) is 0. The van der Waals surface area contributed by atoms with E-state index in [1.54, 1.807) is 0 Å². The Kier molecular flexibility index (Phi) is 3.72. The second-order valence-corrected chi connectivity index (χ2v) is 5.22. The molecule has 2 heterocycles. The highest BCUT2D eigenvalue weighted by Crippen LogP contribution is 2.27. The van der Waals surface area contributed by atoms with Gasteiger partial charge in [-0.2, -0.15) is 0 Å². The molecule has 4 nitrogen and oxygen atoms in total. The first kappa shape index (κ1) is 13.2. The largest absolute Gasteiger partial charge is 0.371 e. The van der Waals surface area contributed by atoms with Crippen LogP contribution in [0.25, 0.3) is 0 Å². The van der Waals surface area contributed by atoms with Gasteiger partial charge in [0.15, 0.2) is 0 Å². The van der Waals surface area contributed by atoms with Gasteiger partial charge in [-0.05, 0) is 25.0 Å². The molecule has 2 saturated heterocycles. The van der Waals surface area contributed by atoms with E-state index in [0.717, 1.165) is 18.4 Å². The Bertz CT molecular complexity index is 561. The number of benzene rings is 1. The Morgan fingerprint density at radius 1 is 1.30 bits per heavy atom. The van der Waals surface area contributed by atoms with Crippen molar-refractivity contribution in [3.8, 4) is 11.8 Å². The third-order valence-electron chi connectivity index (χ3n) is 3.81. The minimum atomic E-state index is 0.0483. The van der Waals surface area contributed by atoms with E-state index in [0.29, 0.717) is 25.2 Å². The van der Waals surface area contributed by atoms with Crippen LogP contribution >= 0.6 is 0 Å². The molecule has 2 aliphatic rings. The fourth-order valence-corrected chi connectivity index (χ4v) is 2.88. The van der Waals surface area contributed by atoms with Gasteiger partial charge in [0.25, 0.3) is 5.91 Å².